The van der Waals surface area contributed by atoms with Gasteiger partial charge in [-0.25, -0.2) is 4.79 Å². The maximum absolute atomic E-state index is 13.2. The van der Waals surface area contributed by atoms with E-state index in [1.807, 2.05) is 11.0 Å². The second-order valence-corrected chi connectivity index (χ2v) is 7.51. The average molecular weight is 372 g/mol. The summed E-state index contributed by atoms with van der Waals surface area (Å²) in [6.45, 7) is 4.72. The van der Waals surface area contributed by atoms with Crippen LogP contribution in [0, 0.1) is 5.92 Å². The number of benzene rings is 2. The van der Waals surface area contributed by atoms with Crippen molar-refractivity contribution in [1.29, 1.82) is 0 Å². The summed E-state index contributed by atoms with van der Waals surface area (Å²) in [6.07, 6.45) is 1.63. The van der Waals surface area contributed by atoms with Crippen molar-refractivity contribution in [1.82, 2.24) is 4.90 Å². The van der Waals surface area contributed by atoms with Crippen molar-refractivity contribution in [2.75, 3.05) is 6.54 Å². The summed E-state index contributed by atoms with van der Waals surface area (Å²) in [6, 6.07) is 12.1. The number of fused-ring (bicyclic) bond motifs is 1. The van der Waals surface area contributed by atoms with Crippen molar-refractivity contribution in [3.05, 3.63) is 69.7 Å². The van der Waals surface area contributed by atoms with Gasteiger partial charge in [-0.1, -0.05) is 43.6 Å². The van der Waals surface area contributed by atoms with Gasteiger partial charge >= 0.3 is 5.97 Å². The molecule has 1 aliphatic rings. The Hall–Kier alpha value is -2.33. The van der Waals surface area contributed by atoms with E-state index in [0.29, 0.717) is 17.1 Å². The fourth-order valence-corrected chi connectivity index (χ4v) is 3.79. The number of carbonyl (C=O) groups excluding carboxylic acids is 1. The first-order valence-corrected chi connectivity index (χ1v) is 9.18. The molecule has 0 aliphatic heterocycles. The molecular weight excluding hydrogens is 350 g/mol. The molecule has 1 atom stereocenters. The van der Waals surface area contributed by atoms with Crippen LogP contribution in [0.4, 0.5) is 0 Å². The smallest absolute Gasteiger partial charge is 0.335 e. The summed E-state index contributed by atoms with van der Waals surface area (Å²) in [4.78, 5) is 26.4. The van der Waals surface area contributed by atoms with Crippen molar-refractivity contribution in [3.63, 3.8) is 0 Å². The summed E-state index contributed by atoms with van der Waals surface area (Å²) in [5.74, 6) is -0.776. The van der Waals surface area contributed by atoms with Gasteiger partial charge < -0.3 is 10.0 Å². The van der Waals surface area contributed by atoms with Crippen LogP contribution in [0.2, 0.25) is 5.02 Å². The van der Waals surface area contributed by atoms with Crippen LogP contribution in [0.5, 0.6) is 0 Å². The molecule has 2 aromatic rings. The van der Waals surface area contributed by atoms with E-state index in [2.05, 4.69) is 13.8 Å². The molecule has 136 valence electrons. The largest absolute Gasteiger partial charge is 0.478 e. The first-order valence-electron chi connectivity index (χ1n) is 8.80. The molecule has 0 radical (unpaired) electrons. The van der Waals surface area contributed by atoms with Gasteiger partial charge in [0, 0.05) is 6.54 Å². The third kappa shape index (κ3) is 3.61. The Kier molecular flexibility index (Phi) is 5.33. The summed E-state index contributed by atoms with van der Waals surface area (Å²) in [5, 5.41) is 9.75. The minimum Gasteiger partial charge on any atom is -0.478 e. The molecule has 0 heterocycles. The molecule has 2 aromatic carbocycles. The van der Waals surface area contributed by atoms with Crippen molar-refractivity contribution in [3.8, 4) is 0 Å². The Balaban J connectivity index is 2.01. The molecule has 0 saturated carbocycles. The number of carboxylic acids is 1. The number of hydrogen-bond donors (Lipinski definition) is 1. The fraction of sp³-hybridized carbons (Fsp3) is 0.333. The van der Waals surface area contributed by atoms with E-state index in [-0.39, 0.29) is 23.4 Å². The van der Waals surface area contributed by atoms with Crippen LogP contribution in [0.25, 0.3) is 0 Å². The van der Waals surface area contributed by atoms with Crippen molar-refractivity contribution in [2.24, 2.45) is 5.92 Å². The number of aromatic carboxylic acids is 1. The zero-order chi connectivity index (χ0) is 18.8. The van der Waals surface area contributed by atoms with E-state index < -0.39 is 5.97 Å². The molecule has 1 aliphatic carbocycles. The van der Waals surface area contributed by atoms with Crippen LogP contribution in [0.1, 0.15) is 58.2 Å². The quantitative estimate of drug-likeness (QED) is 0.819. The molecule has 0 saturated heterocycles. The zero-order valence-electron chi connectivity index (χ0n) is 14.9. The van der Waals surface area contributed by atoms with E-state index in [4.69, 9.17) is 11.6 Å². The molecule has 0 aromatic heterocycles. The molecular formula is C21H22ClNO3. The molecule has 1 amide bonds. The molecule has 0 spiro atoms. The van der Waals surface area contributed by atoms with Crippen molar-refractivity contribution >= 4 is 23.5 Å². The van der Waals surface area contributed by atoms with E-state index >= 15 is 0 Å². The van der Waals surface area contributed by atoms with Gasteiger partial charge in [0.1, 0.15) is 0 Å². The van der Waals surface area contributed by atoms with Gasteiger partial charge in [0.15, 0.2) is 0 Å². The Morgan fingerprint density at radius 1 is 1.23 bits per heavy atom. The first-order chi connectivity index (χ1) is 12.4. The maximum Gasteiger partial charge on any atom is 0.335 e. The zero-order valence-corrected chi connectivity index (χ0v) is 15.7. The highest BCUT2D eigenvalue weighted by atomic mass is 35.5. The first kappa shape index (κ1) is 18.5. The summed E-state index contributed by atoms with van der Waals surface area (Å²) in [5.41, 5.74) is 2.79. The van der Waals surface area contributed by atoms with Gasteiger partial charge in [-0.2, -0.15) is 0 Å². The van der Waals surface area contributed by atoms with Gasteiger partial charge in [-0.05, 0) is 54.2 Å². The van der Waals surface area contributed by atoms with Crippen LogP contribution in [-0.2, 0) is 6.42 Å². The van der Waals surface area contributed by atoms with Crippen molar-refractivity contribution < 1.29 is 14.7 Å². The van der Waals surface area contributed by atoms with Gasteiger partial charge in [-0.15, -0.1) is 0 Å². The van der Waals surface area contributed by atoms with Gasteiger partial charge in [0.25, 0.3) is 5.91 Å². The monoisotopic (exact) mass is 371 g/mol. The van der Waals surface area contributed by atoms with Gasteiger partial charge in [0.05, 0.1) is 22.2 Å². The lowest BCUT2D eigenvalue weighted by molar-refractivity contribution is 0.0649. The molecule has 3 rings (SSSR count). The van der Waals surface area contributed by atoms with E-state index in [0.717, 1.165) is 24.0 Å². The summed E-state index contributed by atoms with van der Waals surface area (Å²) >= 11 is 6.25. The molecule has 0 fully saturated rings. The number of amides is 1. The Morgan fingerprint density at radius 2 is 1.96 bits per heavy atom. The summed E-state index contributed by atoms with van der Waals surface area (Å²) in [7, 11) is 0. The molecule has 4 nitrogen and oxygen atoms in total. The standard InChI is InChI=1S/C21H22ClNO3/c1-13(2)12-23(20(24)16-5-3-4-6-18(16)22)19-10-9-14-7-8-15(21(25)26)11-17(14)19/h3-8,11,13,19H,9-10,12H2,1-2H3,(H,25,26). The van der Waals surface area contributed by atoms with Crippen LogP contribution < -0.4 is 0 Å². The number of hydrogen-bond acceptors (Lipinski definition) is 2. The Bertz CT molecular complexity index is 847. The minimum atomic E-state index is -0.953. The number of aryl methyl sites for hydroxylation is 1. The highest BCUT2D eigenvalue weighted by Crippen LogP contribution is 2.38. The molecule has 1 unspecified atom stereocenters. The predicted octanol–water partition coefficient (Wildman–Crippen LogP) is 4.82. The molecule has 5 heteroatoms. The van der Waals surface area contributed by atoms with E-state index in [1.54, 1.807) is 36.4 Å². The number of carboxylic acid groups (broad SMARTS) is 1. The van der Waals surface area contributed by atoms with Crippen LogP contribution >= 0.6 is 11.6 Å². The average Bonchev–Trinajstić information content (AvgIpc) is 3.02. The normalized spacial score (nSPS) is 15.8. The third-order valence-corrected chi connectivity index (χ3v) is 5.07. The summed E-state index contributed by atoms with van der Waals surface area (Å²) < 4.78 is 0. The minimum absolute atomic E-state index is 0.108. The number of halogens is 1. The van der Waals surface area contributed by atoms with Gasteiger partial charge in [-0.3, -0.25) is 4.79 Å². The Labute approximate surface area is 158 Å². The lowest BCUT2D eigenvalue weighted by Crippen LogP contribution is -2.37. The lowest BCUT2D eigenvalue weighted by atomic mass is 10.0. The van der Waals surface area contributed by atoms with Crippen LogP contribution in [-0.4, -0.2) is 28.4 Å². The molecule has 0 bridgehead atoms. The second-order valence-electron chi connectivity index (χ2n) is 7.10. The van der Waals surface area contributed by atoms with E-state index in [9.17, 15) is 14.7 Å². The van der Waals surface area contributed by atoms with Crippen molar-refractivity contribution in [2.45, 2.75) is 32.7 Å². The second kappa shape index (κ2) is 7.50. The van der Waals surface area contributed by atoms with Crippen LogP contribution in [0.3, 0.4) is 0 Å². The number of nitrogens with zero attached hydrogens (tertiary/aromatic N) is 1. The number of rotatable bonds is 5. The number of carbonyl (C=O) groups is 2. The molecule has 26 heavy (non-hydrogen) atoms. The lowest BCUT2D eigenvalue weighted by Gasteiger charge is -2.32. The molecule has 1 N–H and O–H groups in total. The highest BCUT2D eigenvalue weighted by Gasteiger charge is 2.33. The van der Waals surface area contributed by atoms with Crippen LogP contribution in [0.15, 0.2) is 42.5 Å². The van der Waals surface area contributed by atoms with Gasteiger partial charge in [0.2, 0.25) is 0 Å². The highest BCUT2D eigenvalue weighted by molar-refractivity contribution is 6.33. The topological polar surface area (TPSA) is 57.6 Å². The third-order valence-electron chi connectivity index (χ3n) is 4.74. The van der Waals surface area contributed by atoms with E-state index in [1.165, 1.54) is 0 Å². The predicted molar refractivity (Wildman–Crippen MR) is 102 cm³/mol. The Morgan fingerprint density at radius 3 is 2.62 bits per heavy atom. The SMILES string of the molecule is CC(C)CN(C(=O)c1ccccc1Cl)C1CCc2ccc(C(=O)O)cc21. The maximum atomic E-state index is 13.2. The fourth-order valence-electron chi connectivity index (χ4n) is 3.57.